The van der Waals surface area contributed by atoms with Gasteiger partial charge in [0.2, 0.25) is 5.72 Å². The maximum atomic E-state index is 10.8. The second kappa shape index (κ2) is 2.18. The molecule has 1 aliphatic heterocycles. The van der Waals surface area contributed by atoms with Crippen LogP contribution in [-0.4, -0.2) is 33.0 Å². The Hall–Kier alpha value is -1.14. The number of nitrogens with one attached hydrogen (secondary N) is 1. The van der Waals surface area contributed by atoms with Crippen molar-refractivity contribution in [3.63, 3.8) is 0 Å². The summed E-state index contributed by atoms with van der Waals surface area (Å²) < 4.78 is 0. The van der Waals surface area contributed by atoms with Crippen LogP contribution in [0.1, 0.15) is 13.3 Å². The number of amides is 3. The number of carbonyl (C=O) groups excluding carboxylic acids is 2. The lowest BCUT2D eigenvalue weighted by Gasteiger charge is -2.22. The molecule has 1 rings (SSSR count). The van der Waals surface area contributed by atoms with Crippen molar-refractivity contribution in [2.75, 3.05) is 0 Å². The van der Waals surface area contributed by atoms with E-state index in [-0.39, 0.29) is 11.5 Å². The number of carbonyl (C=O) groups is 2. The first-order chi connectivity index (χ1) is 5.02. The third-order valence-corrected chi connectivity index (χ3v) is 1.62. The molecule has 3 amide bonds. The Balaban J connectivity index is 2.96. The largest absolute Gasteiger partial charge is 0.361 e. The predicted molar refractivity (Wildman–Crippen MR) is 32.4 cm³/mol. The van der Waals surface area contributed by atoms with E-state index in [1.165, 1.54) is 6.92 Å². The van der Waals surface area contributed by atoms with Crippen molar-refractivity contribution in [3.05, 3.63) is 0 Å². The molecule has 0 aliphatic carbocycles. The number of imide groups is 1. The standard InChI is InChI=1S/C5H8N2O4/c1-2-5(10)3(8)6-4(9)7(5)11/h10-11H,2H2,1H3,(H,6,8,9). The first-order valence-electron chi connectivity index (χ1n) is 3.09. The molecule has 1 aliphatic rings. The second-order valence-corrected chi connectivity index (χ2v) is 2.24. The summed E-state index contributed by atoms with van der Waals surface area (Å²) in [6, 6.07) is -1.00. The van der Waals surface area contributed by atoms with Crippen LogP contribution in [0.4, 0.5) is 4.79 Å². The highest BCUT2D eigenvalue weighted by Gasteiger charge is 2.50. The Kier molecular flexibility index (Phi) is 1.57. The van der Waals surface area contributed by atoms with Crippen molar-refractivity contribution in [1.82, 2.24) is 10.4 Å². The Labute approximate surface area is 62.4 Å². The minimum Gasteiger partial charge on any atom is -0.361 e. The Morgan fingerprint density at radius 2 is 2.18 bits per heavy atom. The normalized spacial score (nSPS) is 31.0. The van der Waals surface area contributed by atoms with E-state index in [9.17, 15) is 14.7 Å². The van der Waals surface area contributed by atoms with Crippen LogP contribution in [-0.2, 0) is 4.79 Å². The Morgan fingerprint density at radius 1 is 1.64 bits per heavy atom. The number of hydrogen-bond acceptors (Lipinski definition) is 4. The number of hydrogen-bond donors (Lipinski definition) is 3. The highest BCUT2D eigenvalue weighted by atomic mass is 16.6. The minimum absolute atomic E-state index is 0.00463. The lowest BCUT2D eigenvalue weighted by Crippen LogP contribution is -2.47. The molecule has 3 N–H and O–H groups in total. The maximum Gasteiger partial charge on any atom is 0.351 e. The molecule has 62 valence electrons. The summed E-state index contributed by atoms with van der Waals surface area (Å²) in [7, 11) is 0. The van der Waals surface area contributed by atoms with Crippen LogP contribution in [0.5, 0.6) is 0 Å². The Morgan fingerprint density at radius 3 is 2.36 bits per heavy atom. The Bertz CT molecular complexity index is 217. The van der Waals surface area contributed by atoms with Crippen LogP contribution >= 0.6 is 0 Å². The first-order valence-corrected chi connectivity index (χ1v) is 3.09. The van der Waals surface area contributed by atoms with Crippen LogP contribution in [0.15, 0.2) is 0 Å². The van der Waals surface area contributed by atoms with Gasteiger partial charge in [-0.3, -0.25) is 15.3 Å². The molecule has 6 heteroatoms. The molecular weight excluding hydrogens is 152 g/mol. The highest BCUT2D eigenvalue weighted by molar-refractivity contribution is 6.05. The molecule has 1 unspecified atom stereocenters. The fraction of sp³-hybridized carbons (Fsp3) is 0.600. The molecule has 0 saturated carbocycles. The van der Waals surface area contributed by atoms with Gasteiger partial charge in [-0.05, 0) is 0 Å². The molecule has 0 spiro atoms. The molecule has 11 heavy (non-hydrogen) atoms. The second-order valence-electron chi connectivity index (χ2n) is 2.24. The summed E-state index contributed by atoms with van der Waals surface area (Å²) in [6.07, 6.45) is -0.0545. The summed E-state index contributed by atoms with van der Waals surface area (Å²) in [5.74, 6) is -0.896. The average molecular weight is 160 g/mol. The van der Waals surface area contributed by atoms with E-state index >= 15 is 0 Å². The lowest BCUT2D eigenvalue weighted by atomic mass is 10.1. The van der Waals surface area contributed by atoms with Crippen molar-refractivity contribution in [2.45, 2.75) is 19.1 Å². The molecular formula is C5H8N2O4. The van der Waals surface area contributed by atoms with E-state index in [2.05, 4.69) is 0 Å². The van der Waals surface area contributed by atoms with Crippen molar-refractivity contribution in [2.24, 2.45) is 0 Å². The van der Waals surface area contributed by atoms with E-state index in [0.717, 1.165) is 0 Å². The van der Waals surface area contributed by atoms with Gasteiger partial charge in [0.05, 0.1) is 0 Å². The van der Waals surface area contributed by atoms with Gasteiger partial charge in [-0.2, -0.15) is 5.06 Å². The minimum atomic E-state index is -2.09. The maximum absolute atomic E-state index is 10.8. The van der Waals surface area contributed by atoms with Crippen LogP contribution in [0.3, 0.4) is 0 Å². The zero-order valence-electron chi connectivity index (χ0n) is 5.87. The molecule has 1 saturated heterocycles. The molecule has 6 nitrogen and oxygen atoms in total. The van der Waals surface area contributed by atoms with E-state index in [1.807, 2.05) is 0 Å². The van der Waals surface area contributed by atoms with Gasteiger partial charge in [0.15, 0.2) is 0 Å². The van der Waals surface area contributed by atoms with Gasteiger partial charge in [0.1, 0.15) is 0 Å². The van der Waals surface area contributed by atoms with Crippen molar-refractivity contribution < 1.29 is 19.9 Å². The number of urea groups is 1. The zero-order valence-corrected chi connectivity index (χ0v) is 5.87. The van der Waals surface area contributed by atoms with Gasteiger partial charge in [0.25, 0.3) is 5.91 Å². The SMILES string of the molecule is CCC1(O)C(=O)NC(=O)N1O. The van der Waals surface area contributed by atoms with E-state index in [4.69, 9.17) is 5.21 Å². The quantitative estimate of drug-likeness (QED) is 0.340. The molecule has 1 fully saturated rings. The number of hydroxylamine groups is 2. The molecule has 0 radical (unpaired) electrons. The van der Waals surface area contributed by atoms with Gasteiger partial charge in [0, 0.05) is 6.42 Å². The molecule has 0 bridgehead atoms. The molecule has 0 aromatic rings. The number of rotatable bonds is 1. The van der Waals surface area contributed by atoms with Crippen LogP contribution in [0.25, 0.3) is 0 Å². The third-order valence-electron chi connectivity index (χ3n) is 1.62. The van der Waals surface area contributed by atoms with Crippen LogP contribution < -0.4 is 5.32 Å². The topological polar surface area (TPSA) is 89.9 Å². The van der Waals surface area contributed by atoms with Gasteiger partial charge >= 0.3 is 6.03 Å². The van der Waals surface area contributed by atoms with Gasteiger partial charge in [-0.25, -0.2) is 4.79 Å². The fourth-order valence-corrected chi connectivity index (χ4v) is 0.825. The molecule has 1 heterocycles. The van der Waals surface area contributed by atoms with Crippen molar-refractivity contribution >= 4 is 11.9 Å². The summed E-state index contributed by atoms with van der Waals surface area (Å²) in [4.78, 5) is 21.3. The van der Waals surface area contributed by atoms with Crippen molar-refractivity contribution in [3.8, 4) is 0 Å². The van der Waals surface area contributed by atoms with E-state index < -0.39 is 17.7 Å². The monoisotopic (exact) mass is 160 g/mol. The predicted octanol–water partition coefficient (Wildman–Crippen LogP) is -0.974. The summed E-state index contributed by atoms with van der Waals surface area (Å²) in [5.41, 5.74) is -2.09. The van der Waals surface area contributed by atoms with Gasteiger partial charge in [-0.15, -0.1) is 0 Å². The van der Waals surface area contributed by atoms with Crippen LogP contribution in [0.2, 0.25) is 0 Å². The van der Waals surface area contributed by atoms with Gasteiger partial charge < -0.3 is 5.11 Å². The summed E-state index contributed by atoms with van der Waals surface area (Å²) in [5, 5.41) is 19.8. The van der Waals surface area contributed by atoms with E-state index in [1.54, 1.807) is 5.32 Å². The smallest absolute Gasteiger partial charge is 0.351 e. The van der Waals surface area contributed by atoms with Gasteiger partial charge in [-0.1, -0.05) is 6.92 Å². The van der Waals surface area contributed by atoms with E-state index in [0.29, 0.717) is 0 Å². The zero-order chi connectivity index (χ0) is 8.65. The highest BCUT2D eigenvalue weighted by Crippen LogP contribution is 2.19. The average Bonchev–Trinajstić information content (AvgIpc) is 2.16. The number of aliphatic hydroxyl groups is 1. The molecule has 0 aromatic carbocycles. The fourth-order valence-electron chi connectivity index (χ4n) is 0.825. The van der Waals surface area contributed by atoms with Crippen molar-refractivity contribution in [1.29, 1.82) is 0 Å². The third kappa shape index (κ3) is 0.873. The molecule has 0 aromatic heterocycles. The van der Waals surface area contributed by atoms with Crippen LogP contribution in [0, 0.1) is 0 Å². The number of nitrogens with zero attached hydrogens (tertiary/aromatic N) is 1. The summed E-state index contributed by atoms with van der Waals surface area (Å²) >= 11 is 0. The first kappa shape index (κ1) is 7.96. The lowest BCUT2D eigenvalue weighted by molar-refractivity contribution is -0.207. The molecule has 1 atom stereocenters. The summed E-state index contributed by atoms with van der Waals surface area (Å²) in [6.45, 7) is 1.47.